The summed E-state index contributed by atoms with van der Waals surface area (Å²) in [6, 6.07) is 9.65. The maximum absolute atomic E-state index is 12.5. The van der Waals surface area contributed by atoms with Gasteiger partial charge in [0, 0.05) is 25.7 Å². The van der Waals surface area contributed by atoms with E-state index >= 15 is 0 Å². The van der Waals surface area contributed by atoms with Gasteiger partial charge in [0.05, 0.1) is 12.6 Å². The molecule has 0 aliphatic carbocycles. The Bertz CT molecular complexity index is 605. The van der Waals surface area contributed by atoms with E-state index in [-0.39, 0.29) is 24.7 Å². The maximum Gasteiger partial charge on any atom is 0.401 e. The van der Waals surface area contributed by atoms with E-state index in [0.717, 1.165) is 31.5 Å². The topological polar surface area (TPSA) is 47.6 Å². The summed E-state index contributed by atoms with van der Waals surface area (Å²) in [4.78, 5) is 16.0. The lowest BCUT2D eigenvalue weighted by Gasteiger charge is -2.28. The van der Waals surface area contributed by atoms with Crippen LogP contribution in [-0.2, 0) is 0 Å². The molecule has 5 nitrogen and oxygen atoms in total. The number of hydrogen-bond donors (Lipinski definition) is 2. The lowest BCUT2D eigenvalue weighted by Crippen LogP contribution is -2.46. The lowest BCUT2D eigenvalue weighted by atomic mass is 10.1. The van der Waals surface area contributed by atoms with Crippen LogP contribution in [0.15, 0.2) is 30.3 Å². The van der Waals surface area contributed by atoms with Crippen molar-refractivity contribution in [1.29, 1.82) is 0 Å². The van der Waals surface area contributed by atoms with E-state index in [1.165, 1.54) is 4.90 Å². The van der Waals surface area contributed by atoms with Crippen LogP contribution in [0.25, 0.3) is 0 Å². The van der Waals surface area contributed by atoms with Gasteiger partial charge in [-0.2, -0.15) is 13.2 Å². The van der Waals surface area contributed by atoms with Crippen LogP contribution in [-0.4, -0.2) is 67.3 Å². The normalized spacial score (nSPS) is 22.7. The molecule has 2 aliphatic rings. The number of hydrogen-bond acceptors (Lipinski definition) is 3. The minimum absolute atomic E-state index is 0.116. The average molecular weight is 384 g/mol. The highest BCUT2D eigenvalue weighted by Crippen LogP contribution is 2.24. The average Bonchev–Trinajstić information content (AvgIpc) is 3.27. The standard InChI is InChI=1S/C19H27F3N4O/c20-19(21,22)14-25-11-8-16(13-25)24-18(27)23-12-17(26-9-4-5-10-26)15-6-2-1-3-7-15/h1-3,6-7,16-17H,4-5,8-14H2,(H2,23,24,27). The van der Waals surface area contributed by atoms with Gasteiger partial charge in [0.15, 0.2) is 0 Å². The molecule has 2 unspecified atom stereocenters. The molecule has 2 atom stereocenters. The number of carbonyl (C=O) groups is 1. The number of benzene rings is 1. The van der Waals surface area contributed by atoms with Gasteiger partial charge in [-0.1, -0.05) is 30.3 Å². The Morgan fingerprint density at radius 3 is 2.52 bits per heavy atom. The number of nitrogens with zero attached hydrogens (tertiary/aromatic N) is 2. The Morgan fingerprint density at radius 2 is 1.85 bits per heavy atom. The molecule has 1 aromatic rings. The Hall–Kier alpha value is -1.80. The first kappa shape index (κ1) is 19.9. The van der Waals surface area contributed by atoms with Crippen LogP contribution < -0.4 is 10.6 Å². The largest absolute Gasteiger partial charge is 0.401 e. The third kappa shape index (κ3) is 6.10. The molecule has 2 saturated heterocycles. The summed E-state index contributed by atoms with van der Waals surface area (Å²) < 4.78 is 37.4. The number of urea groups is 1. The van der Waals surface area contributed by atoms with E-state index in [2.05, 4.69) is 27.7 Å². The summed E-state index contributed by atoms with van der Waals surface area (Å²) in [7, 11) is 0. The summed E-state index contributed by atoms with van der Waals surface area (Å²) in [5.41, 5.74) is 1.16. The summed E-state index contributed by atoms with van der Waals surface area (Å²) in [6.45, 7) is 2.18. The van der Waals surface area contributed by atoms with Crippen LogP contribution in [0.5, 0.6) is 0 Å². The van der Waals surface area contributed by atoms with E-state index in [1.807, 2.05) is 18.2 Å². The molecule has 1 aromatic carbocycles. The van der Waals surface area contributed by atoms with Gasteiger partial charge >= 0.3 is 12.2 Å². The Kier molecular flexibility index (Phi) is 6.59. The molecule has 2 fully saturated rings. The van der Waals surface area contributed by atoms with Crippen molar-refractivity contribution >= 4 is 6.03 Å². The van der Waals surface area contributed by atoms with Gasteiger partial charge in [0.1, 0.15) is 0 Å². The number of amides is 2. The second-order valence-corrected chi connectivity index (χ2v) is 7.36. The van der Waals surface area contributed by atoms with Gasteiger partial charge in [-0.05, 0) is 37.9 Å². The molecule has 0 bridgehead atoms. The second-order valence-electron chi connectivity index (χ2n) is 7.36. The van der Waals surface area contributed by atoms with Gasteiger partial charge in [-0.15, -0.1) is 0 Å². The zero-order valence-corrected chi connectivity index (χ0v) is 15.3. The number of rotatable bonds is 6. The zero-order chi connectivity index (χ0) is 19.3. The molecule has 2 amide bonds. The fraction of sp³-hybridized carbons (Fsp3) is 0.632. The summed E-state index contributed by atoms with van der Waals surface area (Å²) in [5.74, 6) is 0. The van der Waals surface area contributed by atoms with Crippen LogP contribution in [0.3, 0.4) is 0 Å². The maximum atomic E-state index is 12.5. The van der Waals surface area contributed by atoms with Gasteiger partial charge in [0.2, 0.25) is 0 Å². The first-order valence-electron chi connectivity index (χ1n) is 9.53. The molecule has 0 radical (unpaired) electrons. The molecule has 8 heteroatoms. The van der Waals surface area contributed by atoms with Gasteiger partial charge in [-0.3, -0.25) is 9.80 Å². The SMILES string of the molecule is O=C(NCC(c1ccccc1)N1CCCC1)NC1CCN(CC(F)(F)F)C1. The number of halogens is 3. The molecule has 150 valence electrons. The number of likely N-dealkylation sites (tertiary alicyclic amines) is 2. The molecule has 2 heterocycles. The smallest absolute Gasteiger partial charge is 0.336 e. The van der Waals surface area contributed by atoms with Crippen molar-refractivity contribution in [2.75, 3.05) is 39.3 Å². The number of carbonyl (C=O) groups excluding carboxylic acids is 1. The van der Waals surface area contributed by atoms with Crippen LogP contribution in [0.4, 0.5) is 18.0 Å². The molecule has 2 N–H and O–H groups in total. The van der Waals surface area contributed by atoms with Crippen LogP contribution in [0.1, 0.15) is 30.9 Å². The van der Waals surface area contributed by atoms with Crippen molar-refractivity contribution in [3.05, 3.63) is 35.9 Å². The number of alkyl halides is 3. The zero-order valence-electron chi connectivity index (χ0n) is 15.3. The van der Waals surface area contributed by atoms with Crippen molar-refractivity contribution in [2.45, 2.75) is 37.5 Å². The van der Waals surface area contributed by atoms with Crippen LogP contribution in [0, 0.1) is 0 Å². The highest BCUT2D eigenvalue weighted by atomic mass is 19.4. The summed E-state index contributed by atoms with van der Waals surface area (Å²) in [5, 5.41) is 5.73. The highest BCUT2D eigenvalue weighted by Gasteiger charge is 2.34. The number of nitrogens with one attached hydrogen (secondary N) is 2. The monoisotopic (exact) mass is 384 g/mol. The first-order chi connectivity index (χ1) is 12.9. The Morgan fingerprint density at radius 1 is 1.15 bits per heavy atom. The van der Waals surface area contributed by atoms with Crippen molar-refractivity contribution in [3.8, 4) is 0 Å². The predicted octanol–water partition coefficient (Wildman–Crippen LogP) is 2.76. The molecule has 0 spiro atoms. The van der Waals surface area contributed by atoms with E-state index in [1.54, 1.807) is 0 Å². The third-order valence-electron chi connectivity index (χ3n) is 5.23. The van der Waals surface area contributed by atoms with E-state index in [4.69, 9.17) is 0 Å². The summed E-state index contributed by atoms with van der Waals surface area (Å²) >= 11 is 0. The van der Waals surface area contributed by atoms with Crippen molar-refractivity contribution in [2.24, 2.45) is 0 Å². The van der Waals surface area contributed by atoms with Crippen molar-refractivity contribution < 1.29 is 18.0 Å². The van der Waals surface area contributed by atoms with Crippen molar-refractivity contribution in [1.82, 2.24) is 20.4 Å². The Balaban J connectivity index is 1.48. The molecular weight excluding hydrogens is 357 g/mol. The fourth-order valence-electron chi connectivity index (χ4n) is 3.96. The minimum Gasteiger partial charge on any atom is -0.336 e. The van der Waals surface area contributed by atoms with Gasteiger partial charge in [-0.25, -0.2) is 4.79 Å². The van der Waals surface area contributed by atoms with E-state index in [0.29, 0.717) is 19.5 Å². The molecular formula is C19H27F3N4O. The first-order valence-corrected chi connectivity index (χ1v) is 9.53. The minimum atomic E-state index is -4.20. The molecule has 0 aromatic heterocycles. The van der Waals surface area contributed by atoms with Crippen LogP contribution in [0.2, 0.25) is 0 Å². The molecule has 3 rings (SSSR count). The summed E-state index contributed by atoms with van der Waals surface area (Å²) in [6.07, 6.45) is -1.34. The third-order valence-corrected chi connectivity index (χ3v) is 5.23. The van der Waals surface area contributed by atoms with Crippen LogP contribution >= 0.6 is 0 Å². The quantitative estimate of drug-likeness (QED) is 0.793. The lowest BCUT2D eigenvalue weighted by molar-refractivity contribution is -0.143. The van der Waals surface area contributed by atoms with E-state index < -0.39 is 12.7 Å². The molecule has 27 heavy (non-hydrogen) atoms. The molecule has 2 aliphatic heterocycles. The van der Waals surface area contributed by atoms with E-state index in [9.17, 15) is 18.0 Å². The van der Waals surface area contributed by atoms with Crippen molar-refractivity contribution in [3.63, 3.8) is 0 Å². The Labute approximate surface area is 157 Å². The highest BCUT2D eigenvalue weighted by molar-refractivity contribution is 5.74. The second kappa shape index (κ2) is 8.93. The molecule has 0 saturated carbocycles. The predicted molar refractivity (Wildman–Crippen MR) is 97.4 cm³/mol. The van der Waals surface area contributed by atoms with Gasteiger partial charge in [0.25, 0.3) is 0 Å². The fourth-order valence-corrected chi connectivity index (χ4v) is 3.96. The van der Waals surface area contributed by atoms with Gasteiger partial charge < -0.3 is 10.6 Å².